The van der Waals surface area contributed by atoms with Gasteiger partial charge in [-0.15, -0.1) is 0 Å². The van der Waals surface area contributed by atoms with Gasteiger partial charge in [-0.05, 0) is 45.0 Å². The van der Waals surface area contributed by atoms with Crippen LogP contribution in [0.3, 0.4) is 0 Å². The van der Waals surface area contributed by atoms with Crippen molar-refractivity contribution in [2.45, 2.75) is 33.9 Å². The number of hydrogen-bond acceptors (Lipinski definition) is 2. The second-order valence-electron chi connectivity index (χ2n) is 6.10. The zero-order chi connectivity index (χ0) is 15.0. The Morgan fingerprint density at radius 3 is 2.60 bits per heavy atom. The molecule has 2 heteroatoms. The van der Waals surface area contributed by atoms with E-state index in [2.05, 4.69) is 56.7 Å². The fourth-order valence-corrected chi connectivity index (χ4v) is 1.75. The number of likely N-dealkylation sites (N-methyl/N-ethyl adjacent to an activating group) is 1. The molecule has 0 atom stereocenters. The topological polar surface area (TPSA) is 23.5 Å². The van der Waals surface area contributed by atoms with Crippen LogP contribution in [0.1, 0.15) is 31.9 Å². The third kappa shape index (κ3) is 7.13. The van der Waals surface area contributed by atoms with Crippen LogP contribution in [0, 0.1) is 17.3 Å². The summed E-state index contributed by atoms with van der Waals surface area (Å²) >= 11 is 0. The monoisotopic (exact) mass is 271 g/mol. The van der Waals surface area contributed by atoms with Gasteiger partial charge >= 0.3 is 0 Å². The van der Waals surface area contributed by atoms with Gasteiger partial charge in [-0.3, -0.25) is 4.90 Å². The van der Waals surface area contributed by atoms with Crippen molar-refractivity contribution in [2.75, 3.05) is 13.6 Å². The highest BCUT2D eigenvalue weighted by atomic mass is 16.3. The SMILES string of the molecule is CN(C/C=C\C#CC(C)(C)C)Cc1cccc(CO)c1. The Kier molecular flexibility index (Phi) is 6.51. The quantitative estimate of drug-likeness (QED) is 0.831. The number of allylic oxidation sites excluding steroid dienone is 1. The first-order valence-electron chi connectivity index (χ1n) is 6.95. The largest absolute Gasteiger partial charge is 0.392 e. The van der Waals surface area contributed by atoms with Crippen LogP contribution in [0.5, 0.6) is 0 Å². The van der Waals surface area contributed by atoms with Crippen molar-refractivity contribution in [3.05, 3.63) is 47.5 Å². The van der Waals surface area contributed by atoms with Gasteiger partial charge in [0.05, 0.1) is 6.61 Å². The molecule has 0 saturated heterocycles. The maximum absolute atomic E-state index is 9.12. The molecule has 0 aliphatic heterocycles. The summed E-state index contributed by atoms with van der Waals surface area (Å²) < 4.78 is 0. The number of nitrogens with zero attached hydrogens (tertiary/aromatic N) is 1. The third-order valence-electron chi connectivity index (χ3n) is 2.69. The Morgan fingerprint density at radius 2 is 1.95 bits per heavy atom. The normalized spacial score (nSPS) is 11.7. The fraction of sp³-hybridized carbons (Fsp3) is 0.444. The molecule has 0 aliphatic rings. The molecule has 20 heavy (non-hydrogen) atoms. The first kappa shape index (κ1) is 16.5. The van der Waals surface area contributed by atoms with Gasteiger partial charge < -0.3 is 5.11 Å². The predicted molar refractivity (Wildman–Crippen MR) is 85.1 cm³/mol. The lowest BCUT2D eigenvalue weighted by molar-refractivity contribution is 0.281. The predicted octanol–water partition coefficient (Wildman–Crippen LogP) is 3.22. The van der Waals surface area contributed by atoms with Crippen LogP contribution >= 0.6 is 0 Å². The molecule has 0 unspecified atom stereocenters. The maximum Gasteiger partial charge on any atom is 0.0681 e. The lowest BCUT2D eigenvalue weighted by Gasteiger charge is -2.14. The van der Waals surface area contributed by atoms with E-state index in [-0.39, 0.29) is 12.0 Å². The van der Waals surface area contributed by atoms with Gasteiger partial charge in [0.1, 0.15) is 0 Å². The zero-order valence-corrected chi connectivity index (χ0v) is 13.0. The molecule has 1 aromatic carbocycles. The van der Waals surface area contributed by atoms with Crippen molar-refractivity contribution in [2.24, 2.45) is 5.41 Å². The van der Waals surface area contributed by atoms with Crippen molar-refractivity contribution in [1.29, 1.82) is 0 Å². The summed E-state index contributed by atoms with van der Waals surface area (Å²) in [4.78, 5) is 2.21. The molecule has 0 radical (unpaired) electrons. The van der Waals surface area contributed by atoms with E-state index in [4.69, 9.17) is 5.11 Å². The molecule has 1 N–H and O–H groups in total. The first-order chi connectivity index (χ1) is 9.40. The van der Waals surface area contributed by atoms with Crippen LogP contribution < -0.4 is 0 Å². The summed E-state index contributed by atoms with van der Waals surface area (Å²) in [5, 5.41) is 9.12. The summed E-state index contributed by atoms with van der Waals surface area (Å²) in [6, 6.07) is 8.04. The minimum atomic E-state index is 0.0565. The van der Waals surface area contributed by atoms with E-state index in [1.807, 2.05) is 24.3 Å². The highest BCUT2D eigenvalue weighted by Gasteiger charge is 2.02. The van der Waals surface area contributed by atoms with Gasteiger partial charge in [-0.25, -0.2) is 0 Å². The smallest absolute Gasteiger partial charge is 0.0681 e. The van der Waals surface area contributed by atoms with Gasteiger partial charge in [0.2, 0.25) is 0 Å². The Bertz CT molecular complexity index is 500. The number of hydrogen-bond donors (Lipinski definition) is 1. The van der Waals surface area contributed by atoms with Crippen LogP contribution in [0.4, 0.5) is 0 Å². The van der Waals surface area contributed by atoms with Crippen molar-refractivity contribution in [3.63, 3.8) is 0 Å². The van der Waals surface area contributed by atoms with Crippen molar-refractivity contribution in [1.82, 2.24) is 4.90 Å². The summed E-state index contributed by atoms with van der Waals surface area (Å²) in [5.74, 6) is 6.25. The van der Waals surface area contributed by atoms with E-state index >= 15 is 0 Å². The number of rotatable bonds is 5. The van der Waals surface area contributed by atoms with Crippen LogP contribution in [0.25, 0.3) is 0 Å². The minimum Gasteiger partial charge on any atom is -0.392 e. The minimum absolute atomic E-state index is 0.0565. The summed E-state index contributed by atoms with van der Waals surface area (Å²) in [6.45, 7) is 8.14. The van der Waals surface area contributed by atoms with Crippen LogP contribution in [-0.4, -0.2) is 23.6 Å². The molecule has 1 rings (SSSR count). The molecule has 0 saturated carbocycles. The van der Waals surface area contributed by atoms with Crippen LogP contribution in [0.15, 0.2) is 36.4 Å². The van der Waals surface area contributed by atoms with E-state index in [1.165, 1.54) is 5.56 Å². The van der Waals surface area contributed by atoms with E-state index in [1.54, 1.807) is 0 Å². The molecule has 108 valence electrons. The average Bonchev–Trinajstić information content (AvgIpc) is 2.37. The molecule has 2 nitrogen and oxygen atoms in total. The molecular weight excluding hydrogens is 246 g/mol. The highest BCUT2D eigenvalue weighted by Crippen LogP contribution is 2.09. The molecule has 0 bridgehead atoms. The van der Waals surface area contributed by atoms with Crippen LogP contribution in [0.2, 0.25) is 0 Å². The Morgan fingerprint density at radius 1 is 1.25 bits per heavy atom. The molecule has 0 fully saturated rings. The zero-order valence-electron chi connectivity index (χ0n) is 13.0. The average molecular weight is 271 g/mol. The summed E-state index contributed by atoms with van der Waals surface area (Å²) in [5.41, 5.74) is 2.23. The molecule has 0 aromatic heterocycles. The lowest BCUT2D eigenvalue weighted by atomic mass is 9.98. The summed E-state index contributed by atoms with van der Waals surface area (Å²) in [7, 11) is 2.08. The lowest BCUT2D eigenvalue weighted by Crippen LogP contribution is -2.17. The van der Waals surface area contributed by atoms with Gasteiger partial charge in [-0.2, -0.15) is 0 Å². The first-order valence-corrected chi connectivity index (χ1v) is 6.95. The van der Waals surface area contributed by atoms with Crippen LogP contribution in [-0.2, 0) is 13.2 Å². The third-order valence-corrected chi connectivity index (χ3v) is 2.69. The van der Waals surface area contributed by atoms with E-state index in [0.717, 1.165) is 18.7 Å². The highest BCUT2D eigenvalue weighted by molar-refractivity contribution is 5.23. The Balaban J connectivity index is 2.45. The Labute approximate surface area is 123 Å². The number of aliphatic hydroxyl groups excluding tert-OH is 1. The molecule has 1 aromatic rings. The number of benzene rings is 1. The second kappa shape index (κ2) is 7.89. The van der Waals surface area contributed by atoms with Gasteiger partial charge in [-0.1, -0.05) is 42.2 Å². The molecule has 0 spiro atoms. The fourth-order valence-electron chi connectivity index (χ4n) is 1.75. The van der Waals surface area contributed by atoms with Gasteiger partial charge in [0.25, 0.3) is 0 Å². The van der Waals surface area contributed by atoms with E-state index in [0.29, 0.717) is 0 Å². The van der Waals surface area contributed by atoms with Crippen molar-refractivity contribution < 1.29 is 5.11 Å². The second-order valence-corrected chi connectivity index (χ2v) is 6.10. The Hall–Kier alpha value is -1.56. The van der Waals surface area contributed by atoms with Crippen molar-refractivity contribution >= 4 is 0 Å². The standard InChI is InChI=1S/C18H25NO/c1-18(2,3)11-6-5-7-12-19(4)14-16-9-8-10-17(13-16)15-20/h5,7-10,13,20H,12,14-15H2,1-4H3/b7-5-. The van der Waals surface area contributed by atoms with Gasteiger partial charge in [0.15, 0.2) is 0 Å². The molecule has 0 heterocycles. The molecular formula is C18H25NO. The van der Waals surface area contributed by atoms with E-state index < -0.39 is 0 Å². The van der Waals surface area contributed by atoms with Gasteiger partial charge in [0, 0.05) is 18.5 Å². The molecule has 0 amide bonds. The number of aliphatic hydroxyl groups is 1. The van der Waals surface area contributed by atoms with E-state index in [9.17, 15) is 0 Å². The molecule has 0 aliphatic carbocycles. The summed E-state index contributed by atoms with van der Waals surface area (Å²) in [6.07, 6.45) is 4.00. The van der Waals surface area contributed by atoms with Crippen molar-refractivity contribution in [3.8, 4) is 11.8 Å². The maximum atomic E-state index is 9.12.